The average Bonchev–Trinajstić information content (AvgIpc) is 3.06. The van der Waals surface area contributed by atoms with E-state index < -0.39 is 0 Å². The number of ether oxygens (including phenoxy) is 1. The van der Waals surface area contributed by atoms with Gasteiger partial charge in [0.2, 0.25) is 0 Å². The zero-order chi connectivity index (χ0) is 12.3. The molecule has 1 heteroatoms. The molecule has 0 bridgehead atoms. The van der Waals surface area contributed by atoms with Crippen molar-refractivity contribution in [3.8, 4) is 0 Å². The lowest BCUT2D eigenvalue weighted by Gasteiger charge is -1.98. The van der Waals surface area contributed by atoms with Crippen LogP contribution in [0.5, 0.6) is 0 Å². The summed E-state index contributed by atoms with van der Waals surface area (Å²) in [5.74, 6) is 0. The van der Waals surface area contributed by atoms with Gasteiger partial charge in [-0.15, -0.1) is 0 Å². The molecule has 1 saturated heterocycles. The summed E-state index contributed by atoms with van der Waals surface area (Å²) >= 11 is 0. The summed E-state index contributed by atoms with van der Waals surface area (Å²) in [7, 11) is 0. The smallest absolute Gasteiger partial charge is 0.102 e. The zero-order valence-electron chi connectivity index (χ0n) is 11.8. The molecule has 0 radical (unpaired) electrons. The van der Waals surface area contributed by atoms with Crippen molar-refractivity contribution in [2.24, 2.45) is 0 Å². The van der Waals surface area contributed by atoms with Crippen molar-refractivity contribution >= 4 is 0 Å². The maximum absolute atomic E-state index is 5.54. The van der Waals surface area contributed by atoms with Crippen molar-refractivity contribution in [2.75, 3.05) is 0 Å². The van der Waals surface area contributed by atoms with E-state index in [0.29, 0.717) is 12.2 Å². The SMILES string of the molecule is CCCCCCCCC/C=C/[C@@H]1O[C@H]1CCC. The van der Waals surface area contributed by atoms with Gasteiger partial charge in [0.15, 0.2) is 0 Å². The standard InChI is InChI=1S/C16H30O/c1-3-5-6-7-8-9-10-11-12-14-16-15(17-16)13-4-2/h12,14-16H,3-11,13H2,1-2H3/b14-12+/t15-,16-/m0/s1. The molecule has 1 aliphatic rings. The molecule has 0 aromatic carbocycles. The molecule has 1 fully saturated rings. The fourth-order valence-electron chi connectivity index (χ4n) is 2.29. The predicted octanol–water partition coefficient (Wildman–Crippen LogP) is 5.25. The van der Waals surface area contributed by atoms with Crippen LogP contribution in [0.15, 0.2) is 12.2 Å². The van der Waals surface area contributed by atoms with Crippen molar-refractivity contribution < 1.29 is 4.74 Å². The van der Waals surface area contributed by atoms with E-state index >= 15 is 0 Å². The first-order chi connectivity index (χ1) is 8.38. The highest BCUT2D eigenvalue weighted by Gasteiger charge is 2.34. The van der Waals surface area contributed by atoms with Gasteiger partial charge in [-0.05, 0) is 19.3 Å². The Balaban J connectivity index is 1.80. The van der Waals surface area contributed by atoms with Crippen LogP contribution in [-0.2, 0) is 4.74 Å². The lowest BCUT2D eigenvalue weighted by atomic mass is 10.1. The molecule has 0 spiro atoms. The van der Waals surface area contributed by atoms with Crippen LogP contribution in [0.25, 0.3) is 0 Å². The van der Waals surface area contributed by atoms with Crippen LogP contribution in [0.2, 0.25) is 0 Å². The number of epoxide rings is 1. The molecule has 100 valence electrons. The molecule has 0 aromatic heterocycles. The van der Waals surface area contributed by atoms with Crippen LogP contribution < -0.4 is 0 Å². The molecule has 0 aromatic rings. The second-order valence-corrected chi connectivity index (χ2v) is 5.27. The Hall–Kier alpha value is -0.300. The highest BCUT2D eigenvalue weighted by Crippen LogP contribution is 2.27. The van der Waals surface area contributed by atoms with E-state index in [2.05, 4.69) is 26.0 Å². The Kier molecular flexibility index (Phi) is 8.42. The minimum absolute atomic E-state index is 0.458. The van der Waals surface area contributed by atoms with Gasteiger partial charge in [0, 0.05) is 0 Å². The van der Waals surface area contributed by atoms with Crippen LogP contribution in [0.1, 0.15) is 78.1 Å². The second-order valence-electron chi connectivity index (χ2n) is 5.27. The van der Waals surface area contributed by atoms with Crippen molar-refractivity contribution in [1.29, 1.82) is 0 Å². The Morgan fingerprint density at radius 1 is 0.882 bits per heavy atom. The first-order valence-corrected chi connectivity index (χ1v) is 7.70. The van der Waals surface area contributed by atoms with Gasteiger partial charge in [0.05, 0.1) is 6.10 Å². The third-order valence-corrected chi connectivity index (χ3v) is 3.50. The molecular weight excluding hydrogens is 208 g/mol. The number of hydrogen-bond donors (Lipinski definition) is 0. The summed E-state index contributed by atoms with van der Waals surface area (Å²) in [5.41, 5.74) is 0. The molecule has 1 rings (SSSR count). The molecule has 2 atom stereocenters. The largest absolute Gasteiger partial charge is 0.365 e. The van der Waals surface area contributed by atoms with Crippen molar-refractivity contribution in [3.63, 3.8) is 0 Å². The summed E-state index contributed by atoms with van der Waals surface area (Å²) in [4.78, 5) is 0. The number of unbranched alkanes of at least 4 members (excludes halogenated alkanes) is 7. The average molecular weight is 238 g/mol. The maximum Gasteiger partial charge on any atom is 0.102 e. The van der Waals surface area contributed by atoms with Gasteiger partial charge < -0.3 is 4.74 Å². The molecular formula is C16H30O. The Bertz CT molecular complexity index is 198. The van der Waals surface area contributed by atoms with Crippen molar-refractivity contribution in [3.05, 3.63) is 12.2 Å². The lowest BCUT2D eigenvalue weighted by molar-refractivity contribution is 0.378. The van der Waals surface area contributed by atoms with Gasteiger partial charge in [-0.1, -0.05) is 70.9 Å². The predicted molar refractivity (Wildman–Crippen MR) is 75.3 cm³/mol. The molecule has 1 heterocycles. The molecule has 1 nitrogen and oxygen atoms in total. The maximum atomic E-state index is 5.54. The fraction of sp³-hybridized carbons (Fsp3) is 0.875. The first kappa shape index (κ1) is 14.8. The van der Waals surface area contributed by atoms with Gasteiger partial charge in [0.25, 0.3) is 0 Å². The van der Waals surface area contributed by atoms with Crippen molar-refractivity contribution in [1.82, 2.24) is 0 Å². The quantitative estimate of drug-likeness (QED) is 0.272. The van der Waals surface area contributed by atoms with E-state index in [4.69, 9.17) is 4.74 Å². The molecule has 0 aliphatic carbocycles. The third kappa shape index (κ3) is 7.59. The van der Waals surface area contributed by atoms with Crippen LogP contribution in [0.3, 0.4) is 0 Å². The molecule has 0 N–H and O–H groups in total. The van der Waals surface area contributed by atoms with E-state index in [1.807, 2.05) is 0 Å². The second kappa shape index (κ2) is 9.70. The zero-order valence-corrected chi connectivity index (χ0v) is 11.8. The summed E-state index contributed by atoms with van der Waals surface area (Å²) in [6.45, 7) is 4.50. The summed E-state index contributed by atoms with van der Waals surface area (Å²) in [5, 5.41) is 0. The number of hydrogen-bond acceptors (Lipinski definition) is 1. The van der Waals surface area contributed by atoms with Gasteiger partial charge in [-0.2, -0.15) is 0 Å². The van der Waals surface area contributed by atoms with E-state index in [1.54, 1.807) is 0 Å². The summed E-state index contributed by atoms with van der Waals surface area (Å²) < 4.78 is 5.54. The highest BCUT2D eigenvalue weighted by atomic mass is 16.6. The summed E-state index contributed by atoms with van der Waals surface area (Å²) in [6.07, 6.45) is 19.1. The molecule has 0 saturated carbocycles. The minimum Gasteiger partial charge on any atom is -0.365 e. The van der Waals surface area contributed by atoms with Gasteiger partial charge >= 0.3 is 0 Å². The Labute approximate surface area is 108 Å². The Morgan fingerprint density at radius 2 is 1.59 bits per heavy atom. The molecule has 17 heavy (non-hydrogen) atoms. The lowest BCUT2D eigenvalue weighted by Crippen LogP contribution is -1.88. The van der Waals surface area contributed by atoms with E-state index in [1.165, 1.54) is 64.2 Å². The Morgan fingerprint density at radius 3 is 2.29 bits per heavy atom. The van der Waals surface area contributed by atoms with Crippen molar-refractivity contribution in [2.45, 2.75) is 90.3 Å². The van der Waals surface area contributed by atoms with Gasteiger partial charge in [-0.25, -0.2) is 0 Å². The van der Waals surface area contributed by atoms with Crippen LogP contribution >= 0.6 is 0 Å². The van der Waals surface area contributed by atoms with E-state index in [9.17, 15) is 0 Å². The van der Waals surface area contributed by atoms with Crippen LogP contribution in [-0.4, -0.2) is 12.2 Å². The monoisotopic (exact) mass is 238 g/mol. The topological polar surface area (TPSA) is 12.5 Å². The summed E-state index contributed by atoms with van der Waals surface area (Å²) in [6, 6.07) is 0. The molecule has 0 unspecified atom stereocenters. The third-order valence-electron chi connectivity index (χ3n) is 3.50. The van der Waals surface area contributed by atoms with E-state index in [-0.39, 0.29) is 0 Å². The minimum atomic E-state index is 0.458. The first-order valence-electron chi connectivity index (χ1n) is 7.70. The molecule has 1 aliphatic heterocycles. The van der Waals surface area contributed by atoms with Crippen LogP contribution in [0.4, 0.5) is 0 Å². The number of allylic oxidation sites excluding steroid dienone is 1. The van der Waals surface area contributed by atoms with Crippen LogP contribution in [0, 0.1) is 0 Å². The van der Waals surface area contributed by atoms with Gasteiger partial charge in [0.1, 0.15) is 6.10 Å². The van der Waals surface area contributed by atoms with Gasteiger partial charge in [-0.3, -0.25) is 0 Å². The highest BCUT2D eigenvalue weighted by molar-refractivity contribution is 5.02. The molecule has 0 amide bonds. The normalized spacial score (nSPS) is 23.4. The fourth-order valence-corrected chi connectivity index (χ4v) is 2.29. The number of rotatable bonds is 11. The van der Waals surface area contributed by atoms with E-state index in [0.717, 1.165) is 0 Å².